The Labute approximate surface area is 165 Å². The molecule has 2 amide bonds. The first kappa shape index (κ1) is 18.3. The molecular formula is C19H21BrN2O5. The highest BCUT2D eigenvalue weighted by Gasteiger charge is 2.68. The Morgan fingerprint density at radius 1 is 1.44 bits per heavy atom. The van der Waals surface area contributed by atoms with Crippen LogP contribution in [0.25, 0.3) is 0 Å². The summed E-state index contributed by atoms with van der Waals surface area (Å²) in [6, 6.07) is 4.52. The molecule has 3 heterocycles. The van der Waals surface area contributed by atoms with Gasteiger partial charge in [0.15, 0.2) is 0 Å². The van der Waals surface area contributed by atoms with Crippen LogP contribution in [0.3, 0.4) is 0 Å². The fourth-order valence-electron chi connectivity index (χ4n) is 4.72. The van der Waals surface area contributed by atoms with Crippen LogP contribution in [-0.2, 0) is 19.1 Å². The number of amides is 2. The van der Waals surface area contributed by atoms with E-state index in [0.29, 0.717) is 5.75 Å². The number of nitrogens with one attached hydrogen (secondary N) is 1. The standard InChI is InChI=1S/C19H21BrN2O5/c1-4-26-17(24)14-12-8-27-13-6-5-10(20)7-11(13)15(12)22-16(23)9(2)21-18(25)19(14,22)3/h5-7,9,12,14-15H,4,8H2,1-3H3,(H,21,25)/t9?,12?,14?,15?,19-/m1/s1. The maximum absolute atomic E-state index is 13.1. The molecule has 0 radical (unpaired) electrons. The van der Waals surface area contributed by atoms with E-state index in [1.165, 1.54) is 0 Å². The van der Waals surface area contributed by atoms with E-state index < -0.39 is 29.5 Å². The van der Waals surface area contributed by atoms with E-state index >= 15 is 0 Å². The summed E-state index contributed by atoms with van der Waals surface area (Å²) < 4.78 is 12.0. The summed E-state index contributed by atoms with van der Waals surface area (Å²) in [5, 5.41) is 2.72. The van der Waals surface area contributed by atoms with Crippen LogP contribution in [0.2, 0.25) is 0 Å². The van der Waals surface area contributed by atoms with Crippen molar-refractivity contribution in [3.63, 3.8) is 0 Å². The van der Waals surface area contributed by atoms with Crippen LogP contribution in [0, 0.1) is 11.8 Å². The van der Waals surface area contributed by atoms with E-state index in [4.69, 9.17) is 9.47 Å². The molecule has 4 unspecified atom stereocenters. The van der Waals surface area contributed by atoms with Crippen molar-refractivity contribution in [3.05, 3.63) is 28.2 Å². The largest absolute Gasteiger partial charge is 0.493 e. The molecule has 0 aromatic heterocycles. The van der Waals surface area contributed by atoms with Crippen molar-refractivity contribution in [3.8, 4) is 5.75 Å². The zero-order valence-electron chi connectivity index (χ0n) is 15.3. The van der Waals surface area contributed by atoms with Crippen LogP contribution in [0.4, 0.5) is 0 Å². The topological polar surface area (TPSA) is 84.9 Å². The van der Waals surface area contributed by atoms with Crippen LogP contribution in [0.5, 0.6) is 5.75 Å². The van der Waals surface area contributed by atoms with Gasteiger partial charge in [-0.25, -0.2) is 0 Å². The second kappa shape index (κ2) is 6.22. The van der Waals surface area contributed by atoms with Gasteiger partial charge >= 0.3 is 5.97 Å². The van der Waals surface area contributed by atoms with Crippen molar-refractivity contribution < 1.29 is 23.9 Å². The van der Waals surface area contributed by atoms with Gasteiger partial charge in [0.05, 0.1) is 25.2 Å². The Hall–Kier alpha value is -2.09. The molecule has 0 spiro atoms. The molecular weight excluding hydrogens is 416 g/mol. The number of hydrogen-bond donors (Lipinski definition) is 1. The van der Waals surface area contributed by atoms with Crippen molar-refractivity contribution in [2.75, 3.05) is 13.2 Å². The SMILES string of the molecule is CCOC(=O)C1C2COc3ccc(Br)cc3C2N2C(=O)C(C)NC(=O)[C@@]12C. The van der Waals surface area contributed by atoms with Crippen molar-refractivity contribution in [2.45, 2.75) is 38.4 Å². The highest BCUT2D eigenvalue weighted by molar-refractivity contribution is 9.10. The molecule has 2 saturated heterocycles. The van der Waals surface area contributed by atoms with E-state index in [0.717, 1.165) is 10.0 Å². The van der Waals surface area contributed by atoms with Crippen LogP contribution < -0.4 is 10.1 Å². The summed E-state index contributed by atoms with van der Waals surface area (Å²) in [6.07, 6.45) is 0. The second-order valence-corrected chi connectivity index (χ2v) is 8.30. The summed E-state index contributed by atoms with van der Waals surface area (Å²) in [5.41, 5.74) is -0.521. The molecule has 0 saturated carbocycles. The molecule has 0 aliphatic carbocycles. The Morgan fingerprint density at radius 2 is 2.19 bits per heavy atom. The molecule has 27 heavy (non-hydrogen) atoms. The van der Waals surface area contributed by atoms with E-state index in [9.17, 15) is 14.4 Å². The summed E-state index contributed by atoms with van der Waals surface area (Å²) in [4.78, 5) is 40.6. The maximum Gasteiger partial charge on any atom is 0.312 e. The maximum atomic E-state index is 13.1. The number of carbonyl (C=O) groups excluding carboxylic acids is 3. The minimum absolute atomic E-state index is 0.202. The average Bonchev–Trinajstić information content (AvgIpc) is 2.90. The molecule has 7 nitrogen and oxygen atoms in total. The molecule has 3 aliphatic heterocycles. The van der Waals surface area contributed by atoms with Crippen molar-refractivity contribution in [2.24, 2.45) is 11.8 Å². The normalized spacial score (nSPS) is 34.1. The number of halogens is 1. The Kier molecular flexibility index (Phi) is 4.21. The third-order valence-corrected chi connectivity index (χ3v) is 6.39. The first-order valence-electron chi connectivity index (χ1n) is 9.03. The fourth-order valence-corrected chi connectivity index (χ4v) is 5.10. The Morgan fingerprint density at radius 3 is 2.89 bits per heavy atom. The van der Waals surface area contributed by atoms with Crippen molar-refractivity contribution in [1.82, 2.24) is 10.2 Å². The molecule has 2 fully saturated rings. The number of hydrogen-bond acceptors (Lipinski definition) is 5. The molecule has 5 atom stereocenters. The van der Waals surface area contributed by atoms with Gasteiger partial charge in [0, 0.05) is 16.0 Å². The number of nitrogens with zero attached hydrogens (tertiary/aromatic N) is 1. The number of rotatable bonds is 2. The molecule has 4 rings (SSSR count). The number of carbonyl (C=O) groups is 3. The summed E-state index contributed by atoms with van der Waals surface area (Å²) in [5.74, 6) is -1.51. The highest BCUT2D eigenvalue weighted by Crippen LogP contribution is 2.56. The number of benzene rings is 1. The van der Waals surface area contributed by atoms with Gasteiger partial charge in [-0.2, -0.15) is 0 Å². The minimum atomic E-state index is -1.32. The van der Waals surface area contributed by atoms with Crippen LogP contribution in [0.15, 0.2) is 22.7 Å². The Bertz CT molecular complexity index is 843. The van der Waals surface area contributed by atoms with Crippen LogP contribution in [-0.4, -0.2) is 47.5 Å². The first-order valence-corrected chi connectivity index (χ1v) is 9.83. The smallest absolute Gasteiger partial charge is 0.312 e. The lowest BCUT2D eigenvalue weighted by Crippen LogP contribution is -2.69. The number of ether oxygens (including phenoxy) is 2. The molecule has 1 aromatic carbocycles. The number of piperazine rings is 1. The van der Waals surface area contributed by atoms with Gasteiger partial charge in [0.1, 0.15) is 17.3 Å². The van der Waals surface area contributed by atoms with Gasteiger partial charge < -0.3 is 19.7 Å². The number of esters is 1. The number of fused-ring (bicyclic) bond motifs is 5. The molecule has 8 heteroatoms. The third kappa shape index (κ3) is 2.42. The monoisotopic (exact) mass is 436 g/mol. The third-order valence-electron chi connectivity index (χ3n) is 5.90. The summed E-state index contributed by atoms with van der Waals surface area (Å²) in [6.45, 7) is 5.49. The van der Waals surface area contributed by atoms with Crippen LogP contribution >= 0.6 is 15.9 Å². The quantitative estimate of drug-likeness (QED) is 0.714. The molecule has 1 aromatic rings. The lowest BCUT2D eigenvalue weighted by atomic mass is 9.77. The van der Waals surface area contributed by atoms with Gasteiger partial charge in [-0.1, -0.05) is 15.9 Å². The lowest BCUT2D eigenvalue weighted by molar-refractivity contribution is -0.164. The molecule has 3 aliphatic rings. The van der Waals surface area contributed by atoms with Gasteiger partial charge in [0.25, 0.3) is 0 Å². The fraction of sp³-hybridized carbons (Fsp3) is 0.526. The first-order chi connectivity index (χ1) is 12.8. The van der Waals surface area contributed by atoms with Crippen molar-refractivity contribution >= 4 is 33.7 Å². The highest BCUT2D eigenvalue weighted by atomic mass is 79.9. The van der Waals surface area contributed by atoms with E-state index in [2.05, 4.69) is 21.2 Å². The van der Waals surface area contributed by atoms with Gasteiger partial charge in [-0.15, -0.1) is 0 Å². The molecule has 0 bridgehead atoms. The van der Waals surface area contributed by atoms with Crippen molar-refractivity contribution in [1.29, 1.82) is 0 Å². The zero-order valence-corrected chi connectivity index (χ0v) is 16.9. The lowest BCUT2D eigenvalue weighted by Gasteiger charge is -2.45. The zero-order chi connectivity index (χ0) is 19.5. The van der Waals surface area contributed by atoms with E-state index in [1.54, 1.807) is 25.7 Å². The summed E-state index contributed by atoms with van der Waals surface area (Å²) >= 11 is 3.47. The van der Waals surface area contributed by atoms with E-state index in [-0.39, 0.29) is 30.9 Å². The average molecular weight is 437 g/mol. The van der Waals surface area contributed by atoms with Gasteiger partial charge in [0.2, 0.25) is 11.8 Å². The predicted molar refractivity (Wildman–Crippen MR) is 98.8 cm³/mol. The van der Waals surface area contributed by atoms with Gasteiger partial charge in [-0.3, -0.25) is 14.4 Å². The molecule has 144 valence electrons. The van der Waals surface area contributed by atoms with Crippen LogP contribution in [0.1, 0.15) is 32.4 Å². The summed E-state index contributed by atoms with van der Waals surface area (Å²) in [7, 11) is 0. The Balaban J connectivity index is 1.92. The van der Waals surface area contributed by atoms with Gasteiger partial charge in [-0.05, 0) is 39.0 Å². The minimum Gasteiger partial charge on any atom is -0.493 e. The van der Waals surface area contributed by atoms with E-state index in [1.807, 2.05) is 18.2 Å². The second-order valence-electron chi connectivity index (χ2n) is 7.38. The predicted octanol–water partition coefficient (Wildman–Crippen LogP) is 1.80. The molecule has 1 N–H and O–H groups in total.